The lowest BCUT2D eigenvalue weighted by molar-refractivity contribution is 0.102. The topological polar surface area (TPSA) is 101 Å². The normalized spacial score (nSPS) is 14.2. The Morgan fingerprint density at radius 1 is 1.19 bits per heavy atom. The van der Waals surface area contributed by atoms with Crippen LogP contribution in [-0.4, -0.2) is 45.6 Å². The number of benzene rings is 2. The van der Waals surface area contributed by atoms with E-state index in [1.165, 1.54) is 17.4 Å². The van der Waals surface area contributed by atoms with Crippen molar-refractivity contribution < 1.29 is 17.9 Å². The Morgan fingerprint density at radius 3 is 2.62 bits per heavy atom. The first-order valence-electron chi connectivity index (χ1n) is 9.81. The Morgan fingerprint density at radius 2 is 1.94 bits per heavy atom. The third-order valence-electron chi connectivity index (χ3n) is 4.83. The number of sulfonamides is 1. The monoisotopic (exact) mass is 492 g/mol. The number of nitrogens with one attached hydrogen (secondary N) is 2. The van der Waals surface area contributed by atoms with E-state index in [-0.39, 0.29) is 21.3 Å². The summed E-state index contributed by atoms with van der Waals surface area (Å²) in [6.07, 6.45) is 0. The van der Waals surface area contributed by atoms with Crippen LogP contribution in [0.4, 0.5) is 17.1 Å². The van der Waals surface area contributed by atoms with Crippen molar-refractivity contribution in [3.05, 3.63) is 63.6 Å². The Balaban J connectivity index is 1.70. The summed E-state index contributed by atoms with van der Waals surface area (Å²) in [4.78, 5) is 18.7. The number of hydrogen-bond donors (Lipinski definition) is 2. The lowest BCUT2D eigenvalue weighted by Gasteiger charge is -2.30. The van der Waals surface area contributed by atoms with E-state index in [4.69, 9.17) is 16.3 Å². The van der Waals surface area contributed by atoms with Crippen LogP contribution in [0.15, 0.2) is 52.7 Å². The maximum Gasteiger partial charge on any atom is 0.275 e. The predicted octanol–water partition coefficient (Wildman–Crippen LogP) is 3.99. The van der Waals surface area contributed by atoms with Crippen LogP contribution in [-0.2, 0) is 14.8 Å². The van der Waals surface area contributed by atoms with E-state index in [1.54, 1.807) is 41.8 Å². The minimum atomic E-state index is -4.02. The minimum Gasteiger partial charge on any atom is -0.378 e. The highest BCUT2D eigenvalue weighted by Gasteiger charge is 2.25. The molecular weight excluding hydrogens is 472 g/mol. The number of carbonyl (C=O) groups is 1. The number of aryl methyl sites for hydroxylation is 1. The molecule has 11 heteroatoms. The molecule has 32 heavy (non-hydrogen) atoms. The zero-order chi connectivity index (χ0) is 22.7. The first kappa shape index (κ1) is 22.5. The molecule has 1 amide bonds. The summed E-state index contributed by atoms with van der Waals surface area (Å²) in [6, 6.07) is 11.4. The van der Waals surface area contributed by atoms with Crippen molar-refractivity contribution in [1.29, 1.82) is 0 Å². The van der Waals surface area contributed by atoms with Gasteiger partial charge in [-0.3, -0.25) is 9.52 Å². The fourth-order valence-corrected chi connectivity index (χ4v) is 5.44. The fourth-order valence-electron chi connectivity index (χ4n) is 3.28. The molecule has 3 aromatic rings. The summed E-state index contributed by atoms with van der Waals surface area (Å²) in [5.74, 6) is -0.407. The second kappa shape index (κ2) is 9.45. The number of morpholine rings is 1. The molecule has 0 atom stereocenters. The molecule has 8 nitrogen and oxygen atoms in total. The second-order valence-electron chi connectivity index (χ2n) is 7.07. The smallest absolute Gasteiger partial charge is 0.275 e. The minimum absolute atomic E-state index is 0.0339. The van der Waals surface area contributed by atoms with Crippen molar-refractivity contribution in [2.24, 2.45) is 0 Å². The molecule has 2 aromatic carbocycles. The van der Waals surface area contributed by atoms with E-state index >= 15 is 0 Å². The summed E-state index contributed by atoms with van der Waals surface area (Å²) >= 11 is 7.52. The zero-order valence-electron chi connectivity index (χ0n) is 17.2. The number of hydrogen-bond acceptors (Lipinski definition) is 7. The third-order valence-corrected chi connectivity index (χ3v) is 7.33. The number of aromatic nitrogens is 1. The average Bonchev–Trinajstić information content (AvgIpc) is 3.22. The third kappa shape index (κ3) is 5.04. The Hall–Kier alpha value is -2.66. The van der Waals surface area contributed by atoms with E-state index in [2.05, 4.69) is 15.0 Å². The maximum absolute atomic E-state index is 13.4. The van der Waals surface area contributed by atoms with Gasteiger partial charge in [0.2, 0.25) is 0 Å². The van der Waals surface area contributed by atoms with Crippen LogP contribution in [0.2, 0.25) is 5.02 Å². The van der Waals surface area contributed by atoms with Crippen molar-refractivity contribution >= 4 is 55.9 Å². The maximum atomic E-state index is 13.4. The van der Waals surface area contributed by atoms with Crippen molar-refractivity contribution in [1.82, 2.24) is 4.98 Å². The molecule has 2 N–H and O–H groups in total. The molecule has 1 aliphatic heterocycles. The lowest BCUT2D eigenvalue weighted by Crippen LogP contribution is -2.37. The van der Waals surface area contributed by atoms with E-state index < -0.39 is 15.9 Å². The first-order chi connectivity index (χ1) is 15.3. The van der Waals surface area contributed by atoms with Crippen LogP contribution in [0.3, 0.4) is 0 Å². The van der Waals surface area contributed by atoms with Crippen LogP contribution in [0.5, 0.6) is 0 Å². The Labute approximate surface area is 195 Å². The fraction of sp³-hybridized carbons (Fsp3) is 0.238. The first-order valence-corrected chi connectivity index (χ1v) is 12.5. The van der Waals surface area contributed by atoms with Gasteiger partial charge in [0.25, 0.3) is 15.9 Å². The molecule has 1 aliphatic rings. The Bertz CT molecular complexity index is 1240. The lowest BCUT2D eigenvalue weighted by atomic mass is 10.2. The van der Waals surface area contributed by atoms with Crippen molar-refractivity contribution in [2.45, 2.75) is 11.8 Å². The van der Waals surface area contributed by atoms with Gasteiger partial charge >= 0.3 is 0 Å². The molecule has 168 valence electrons. The standard InChI is InChI=1S/C21H21ClN4O4S2/c1-14-23-18(13-31-14)21(27)24-15-6-7-19(26-8-10-30-11-9-26)20(12-15)32(28,29)25-17-5-3-2-4-16(17)22/h2-7,12-13,25H,8-11H2,1H3,(H,24,27). The van der Waals surface area contributed by atoms with Gasteiger partial charge in [0.15, 0.2) is 0 Å². The molecule has 0 radical (unpaired) electrons. The molecule has 0 aliphatic carbocycles. The number of nitrogens with zero attached hydrogens (tertiary/aromatic N) is 2. The van der Waals surface area contributed by atoms with Crippen LogP contribution >= 0.6 is 22.9 Å². The van der Waals surface area contributed by atoms with Crippen molar-refractivity contribution in [3.63, 3.8) is 0 Å². The number of anilines is 3. The molecule has 1 aromatic heterocycles. The Kier molecular flexibility index (Phi) is 6.66. The van der Waals surface area contributed by atoms with Crippen LogP contribution in [0, 0.1) is 6.92 Å². The molecule has 1 saturated heterocycles. The molecule has 0 saturated carbocycles. The SMILES string of the molecule is Cc1nc(C(=O)Nc2ccc(N3CCOCC3)c(S(=O)(=O)Nc3ccccc3Cl)c2)cs1. The molecule has 1 fully saturated rings. The summed E-state index contributed by atoms with van der Waals surface area (Å²) in [6.45, 7) is 3.92. The number of rotatable bonds is 6. The van der Waals surface area contributed by atoms with Gasteiger partial charge in [-0.1, -0.05) is 23.7 Å². The predicted molar refractivity (Wildman–Crippen MR) is 127 cm³/mol. The van der Waals surface area contributed by atoms with Gasteiger partial charge in [-0.2, -0.15) is 0 Å². The van der Waals surface area contributed by atoms with E-state index in [9.17, 15) is 13.2 Å². The van der Waals surface area contributed by atoms with Crippen LogP contribution in [0.25, 0.3) is 0 Å². The van der Waals surface area contributed by atoms with Gasteiger partial charge in [-0.15, -0.1) is 11.3 Å². The average molecular weight is 493 g/mol. The van der Waals surface area contributed by atoms with E-state index in [0.29, 0.717) is 37.7 Å². The molecule has 4 rings (SSSR count). The largest absolute Gasteiger partial charge is 0.378 e. The summed E-state index contributed by atoms with van der Waals surface area (Å²) < 4.78 is 34.7. The van der Waals surface area contributed by atoms with Gasteiger partial charge in [-0.05, 0) is 37.3 Å². The number of halogens is 1. The molecular formula is C21H21ClN4O4S2. The quantitative estimate of drug-likeness (QED) is 0.539. The summed E-state index contributed by atoms with van der Waals surface area (Å²) in [7, 11) is -4.02. The molecule has 2 heterocycles. The molecule has 0 spiro atoms. The highest BCUT2D eigenvalue weighted by Crippen LogP contribution is 2.32. The number of amides is 1. The van der Waals surface area contributed by atoms with E-state index in [0.717, 1.165) is 5.01 Å². The highest BCUT2D eigenvalue weighted by molar-refractivity contribution is 7.93. The zero-order valence-corrected chi connectivity index (χ0v) is 19.6. The van der Waals surface area contributed by atoms with E-state index in [1.807, 2.05) is 11.8 Å². The highest BCUT2D eigenvalue weighted by atomic mass is 35.5. The number of carbonyl (C=O) groups excluding carboxylic acids is 1. The van der Waals surface area contributed by atoms with Gasteiger partial charge < -0.3 is 15.0 Å². The van der Waals surface area contributed by atoms with Crippen molar-refractivity contribution in [3.8, 4) is 0 Å². The van der Waals surface area contributed by atoms with Gasteiger partial charge in [0.1, 0.15) is 10.6 Å². The number of para-hydroxylation sites is 1. The molecule has 0 unspecified atom stereocenters. The number of thiazole rings is 1. The van der Waals surface area contributed by atoms with Gasteiger partial charge in [-0.25, -0.2) is 13.4 Å². The van der Waals surface area contributed by atoms with Crippen LogP contribution < -0.4 is 14.9 Å². The summed E-state index contributed by atoms with van der Waals surface area (Å²) in [5, 5.41) is 5.44. The summed E-state index contributed by atoms with van der Waals surface area (Å²) in [5.41, 5.74) is 1.42. The van der Waals surface area contributed by atoms with Crippen molar-refractivity contribution in [2.75, 3.05) is 41.2 Å². The van der Waals surface area contributed by atoms with Crippen LogP contribution in [0.1, 0.15) is 15.5 Å². The van der Waals surface area contributed by atoms with Gasteiger partial charge in [0, 0.05) is 24.2 Å². The number of ether oxygens (including phenoxy) is 1. The van der Waals surface area contributed by atoms with Gasteiger partial charge in [0.05, 0.1) is 34.6 Å². The second-order valence-corrected chi connectivity index (χ2v) is 10.2. The molecule has 0 bridgehead atoms.